The van der Waals surface area contributed by atoms with Gasteiger partial charge in [-0.1, -0.05) is 6.07 Å². The molecule has 0 fully saturated rings. The molecule has 0 unspecified atom stereocenters. The van der Waals surface area contributed by atoms with Gasteiger partial charge in [-0.15, -0.1) is 0 Å². The number of benzene rings is 1. The van der Waals surface area contributed by atoms with Gasteiger partial charge in [0.25, 0.3) is 5.91 Å². The van der Waals surface area contributed by atoms with E-state index >= 15 is 0 Å². The number of alkyl carbamates (subject to hydrolysis) is 1. The van der Waals surface area contributed by atoms with Crippen LogP contribution in [0, 0.1) is 25.2 Å². The van der Waals surface area contributed by atoms with E-state index in [9.17, 15) is 9.59 Å². The average molecular weight is 302 g/mol. The number of imide groups is 1. The van der Waals surface area contributed by atoms with Crippen molar-refractivity contribution in [1.29, 1.82) is 5.26 Å². The lowest BCUT2D eigenvalue weighted by Gasteiger charge is -2.10. The summed E-state index contributed by atoms with van der Waals surface area (Å²) in [6.07, 6.45) is 0.548. The maximum Gasteiger partial charge on any atom is 0.414 e. The first-order valence-electron chi connectivity index (χ1n) is 6.68. The molecule has 1 aromatic carbocycles. The fraction of sp³-hybridized carbons (Fsp3) is 0.312. The van der Waals surface area contributed by atoms with Crippen LogP contribution in [-0.4, -0.2) is 25.7 Å². The molecular formula is C16H18N2O4. The predicted molar refractivity (Wildman–Crippen MR) is 81.2 cm³/mol. The molecule has 6 nitrogen and oxygen atoms in total. The third-order valence-corrected chi connectivity index (χ3v) is 3.16. The highest BCUT2D eigenvalue weighted by molar-refractivity contribution is 6.08. The number of hydrogen-bond acceptors (Lipinski definition) is 5. The second kappa shape index (κ2) is 7.84. The van der Waals surface area contributed by atoms with Crippen molar-refractivity contribution >= 4 is 18.1 Å². The van der Waals surface area contributed by atoms with Gasteiger partial charge in [0.1, 0.15) is 17.4 Å². The molecule has 0 aliphatic rings. The number of hydrogen-bond donors (Lipinski definition) is 1. The molecule has 0 atom stereocenters. The predicted octanol–water partition coefficient (Wildman–Crippen LogP) is 2.49. The lowest BCUT2D eigenvalue weighted by Crippen LogP contribution is -2.31. The molecule has 0 heterocycles. The topological polar surface area (TPSA) is 88.4 Å². The molecule has 116 valence electrons. The van der Waals surface area contributed by atoms with Gasteiger partial charge in [-0.05, 0) is 49.6 Å². The number of ether oxygens (including phenoxy) is 2. The quantitative estimate of drug-likeness (QED) is 0.682. The van der Waals surface area contributed by atoms with E-state index in [-0.39, 0.29) is 12.2 Å². The van der Waals surface area contributed by atoms with Crippen molar-refractivity contribution < 1.29 is 19.1 Å². The summed E-state index contributed by atoms with van der Waals surface area (Å²) >= 11 is 0. The SMILES string of the molecule is CCOC(=O)NC(=O)/C(C#N)=C/c1ccc(OC)c(C)c1C. The third kappa shape index (κ3) is 4.09. The first-order chi connectivity index (χ1) is 10.4. The highest BCUT2D eigenvalue weighted by Gasteiger charge is 2.14. The molecule has 2 amide bonds. The minimum Gasteiger partial charge on any atom is -0.496 e. The Morgan fingerprint density at radius 1 is 1.32 bits per heavy atom. The molecule has 0 saturated carbocycles. The number of nitriles is 1. The minimum absolute atomic E-state index is 0.140. The van der Waals surface area contributed by atoms with E-state index < -0.39 is 12.0 Å². The van der Waals surface area contributed by atoms with Gasteiger partial charge in [0.05, 0.1) is 13.7 Å². The summed E-state index contributed by atoms with van der Waals surface area (Å²) in [5.41, 5.74) is 2.32. The molecule has 0 radical (unpaired) electrons. The van der Waals surface area contributed by atoms with Crippen LogP contribution >= 0.6 is 0 Å². The summed E-state index contributed by atoms with van der Waals surface area (Å²) in [5.74, 6) is -0.0713. The standard InChI is InChI=1S/C16H18N2O4/c1-5-22-16(20)18-15(19)13(9-17)8-12-6-7-14(21-4)11(3)10(12)2/h6-8H,5H2,1-4H3,(H,18,19,20)/b13-8+. The maximum atomic E-state index is 11.9. The zero-order valence-corrected chi connectivity index (χ0v) is 13.0. The van der Waals surface area contributed by atoms with Crippen LogP contribution in [-0.2, 0) is 9.53 Å². The molecule has 1 N–H and O–H groups in total. The second-order valence-electron chi connectivity index (χ2n) is 4.45. The van der Waals surface area contributed by atoms with Crippen LogP contribution in [0.15, 0.2) is 17.7 Å². The van der Waals surface area contributed by atoms with Gasteiger partial charge in [0.15, 0.2) is 0 Å². The molecule has 0 aliphatic carbocycles. The molecule has 1 aromatic rings. The van der Waals surface area contributed by atoms with Gasteiger partial charge >= 0.3 is 6.09 Å². The summed E-state index contributed by atoms with van der Waals surface area (Å²) in [7, 11) is 1.57. The number of amides is 2. The van der Waals surface area contributed by atoms with E-state index in [1.165, 1.54) is 6.08 Å². The summed E-state index contributed by atoms with van der Waals surface area (Å²) in [5, 5.41) is 11.1. The first-order valence-corrected chi connectivity index (χ1v) is 6.68. The molecule has 22 heavy (non-hydrogen) atoms. The smallest absolute Gasteiger partial charge is 0.414 e. The Balaban J connectivity index is 3.08. The van der Waals surface area contributed by atoms with E-state index in [1.54, 1.807) is 32.2 Å². The van der Waals surface area contributed by atoms with Gasteiger partial charge in [-0.3, -0.25) is 10.1 Å². The third-order valence-electron chi connectivity index (χ3n) is 3.16. The molecule has 0 aromatic heterocycles. The molecule has 1 rings (SSSR count). The van der Waals surface area contributed by atoms with Crippen molar-refractivity contribution in [1.82, 2.24) is 5.32 Å². The molecular weight excluding hydrogens is 284 g/mol. The van der Waals surface area contributed by atoms with E-state index in [2.05, 4.69) is 4.74 Å². The van der Waals surface area contributed by atoms with Gasteiger partial charge in [-0.2, -0.15) is 5.26 Å². The summed E-state index contributed by atoms with van der Waals surface area (Å²) in [6, 6.07) is 5.29. The van der Waals surface area contributed by atoms with Crippen molar-refractivity contribution in [3.63, 3.8) is 0 Å². The Hall–Kier alpha value is -2.81. The molecule has 0 bridgehead atoms. The Morgan fingerprint density at radius 3 is 2.55 bits per heavy atom. The number of carbonyl (C=O) groups excluding carboxylic acids is 2. The van der Waals surface area contributed by atoms with Crippen LogP contribution in [0.4, 0.5) is 4.79 Å². The molecule has 0 aliphatic heterocycles. The summed E-state index contributed by atoms with van der Waals surface area (Å²) in [4.78, 5) is 23.1. The first kappa shape index (κ1) is 17.2. The van der Waals surface area contributed by atoms with E-state index in [4.69, 9.17) is 10.00 Å². The van der Waals surface area contributed by atoms with Gasteiger partial charge in [0.2, 0.25) is 0 Å². The number of nitrogens with zero attached hydrogens (tertiary/aromatic N) is 1. The fourth-order valence-corrected chi connectivity index (χ4v) is 1.83. The highest BCUT2D eigenvalue weighted by Crippen LogP contribution is 2.25. The molecule has 6 heteroatoms. The van der Waals surface area contributed by atoms with Gasteiger partial charge < -0.3 is 9.47 Å². The van der Waals surface area contributed by atoms with Crippen molar-refractivity contribution in [2.45, 2.75) is 20.8 Å². The Labute approximate surface area is 129 Å². The second-order valence-corrected chi connectivity index (χ2v) is 4.45. The number of methoxy groups -OCH3 is 1. The normalized spacial score (nSPS) is 10.6. The Kier molecular flexibility index (Phi) is 6.14. The van der Waals surface area contributed by atoms with E-state index in [1.807, 2.05) is 19.2 Å². The van der Waals surface area contributed by atoms with Gasteiger partial charge in [0, 0.05) is 0 Å². The van der Waals surface area contributed by atoms with Crippen molar-refractivity contribution in [3.05, 3.63) is 34.4 Å². The lowest BCUT2D eigenvalue weighted by molar-refractivity contribution is -0.116. The van der Waals surface area contributed by atoms with Crippen molar-refractivity contribution in [3.8, 4) is 11.8 Å². The molecule has 0 spiro atoms. The largest absolute Gasteiger partial charge is 0.496 e. The van der Waals surface area contributed by atoms with Gasteiger partial charge in [-0.25, -0.2) is 4.79 Å². The Bertz CT molecular complexity index is 657. The number of rotatable bonds is 4. The van der Waals surface area contributed by atoms with E-state index in [0.717, 1.165) is 16.9 Å². The number of carbonyl (C=O) groups is 2. The van der Waals surface area contributed by atoms with Crippen LogP contribution in [0.1, 0.15) is 23.6 Å². The monoisotopic (exact) mass is 302 g/mol. The number of nitrogens with one attached hydrogen (secondary N) is 1. The van der Waals surface area contributed by atoms with Crippen molar-refractivity contribution in [2.75, 3.05) is 13.7 Å². The fourth-order valence-electron chi connectivity index (χ4n) is 1.83. The minimum atomic E-state index is -0.878. The highest BCUT2D eigenvalue weighted by atomic mass is 16.5. The lowest BCUT2D eigenvalue weighted by atomic mass is 10.0. The summed E-state index contributed by atoms with van der Waals surface area (Å²) < 4.78 is 9.82. The zero-order valence-electron chi connectivity index (χ0n) is 13.0. The molecule has 0 saturated heterocycles. The van der Waals surface area contributed by atoms with E-state index in [0.29, 0.717) is 5.56 Å². The van der Waals surface area contributed by atoms with Crippen LogP contribution in [0.5, 0.6) is 5.75 Å². The zero-order chi connectivity index (χ0) is 16.7. The van der Waals surface area contributed by atoms with Crippen LogP contribution in [0.25, 0.3) is 6.08 Å². The van der Waals surface area contributed by atoms with Crippen LogP contribution in [0.2, 0.25) is 0 Å². The van der Waals surface area contributed by atoms with Crippen molar-refractivity contribution in [2.24, 2.45) is 0 Å². The van der Waals surface area contributed by atoms with Crippen LogP contribution in [0.3, 0.4) is 0 Å². The Morgan fingerprint density at radius 2 is 2.00 bits per heavy atom. The average Bonchev–Trinajstić information content (AvgIpc) is 2.49. The maximum absolute atomic E-state index is 11.9. The summed E-state index contributed by atoms with van der Waals surface area (Å²) in [6.45, 7) is 5.51. The van der Waals surface area contributed by atoms with Crippen LogP contribution < -0.4 is 10.1 Å².